The first kappa shape index (κ1) is 16.0. The molecule has 1 aromatic rings. The molecule has 0 heterocycles. The highest BCUT2D eigenvalue weighted by molar-refractivity contribution is 6.04. The quantitative estimate of drug-likeness (QED) is 0.860. The van der Waals surface area contributed by atoms with E-state index in [1.54, 1.807) is 13.8 Å². The van der Waals surface area contributed by atoms with Crippen LogP contribution in [0.3, 0.4) is 0 Å². The number of aliphatic hydroxyl groups is 1. The molecule has 2 N–H and O–H groups in total. The molecular formula is C13H15F2NO4. The number of benzene rings is 1. The van der Waals surface area contributed by atoms with E-state index in [0.29, 0.717) is 12.1 Å². The van der Waals surface area contributed by atoms with Crippen molar-refractivity contribution in [3.8, 4) is 0 Å². The summed E-state index contributed by atoms with van der Waals surface area (Å²) in [5.41, 5.74) is -1.06. The minimum Gasteiger partial charge on any atom is -0.478 e. The average molecular weight is 287 g/mol. The fraction of sp³-hybridized carbons (Fsp3) is 0.385. The highest BCUT2D eigenvalue weighted by Crippen LogP contribution is 2.18. The molecular weight excluding hydrogens is 272 g/mol. The van der Waals surface area contributed by atoms with Crippen molar-refractivity contribution in [3.05, 3.63) is 34.9 Å². The lowest BCUT2D eigenvalue weighted by atomic mass is 10.0. The van der Waals surface area contributed by atoms with E-state index in [0.717, 1.165) is 0 Å². The summed E-state index contributed by atoms with van der Waals surface area (Å²) in [7, 11) is 0. The Kier molecular flexibility index (Phi) is 5.15. The Balaban J connectivity index is 3.33. The summed E-state index contributed by atoms with van der Waals surface area (Å²) in [6.45, 7) is 2.96. The molecule has 0 bridgehead atoms. The van der Waals surface area contributed by atoms with Gasteiger partial charge in [0.05, 0.1) is 17.7 Å². The molecule has 0 fully saturated rings. The Labute approximate surface area is 114 Å². The standard InChI is InChI=1S/C13H15F2NO4/c1-7(2)16(3-4-17)12(18)8-5-10(14)11(15)6-9(8)13(19)20/h5-7,17H,3-4H2,1-2H3,(H,19,20). The molecule has 110 valence electrons. The number of carboxylic acids is 1. The molecule has 5 nitrogen and oxygen atoms in total. The van der Waals surface area contributed by atoms with Gasteiger partial charge in [0.25, 0.3) is 5.91 Å². The number of rotatable bonds is 5. The van der Waals surface area contributed by atoms with E-state index in [1.165, 1.54) is 4.90 Å². The minimum atomic E-state index is -1.53. The molecule has 0 saturated carbocycles. The van der Waals surface area contributed by atoms with Crippen LogP contribution in [0.5, 0.6) is 0 Å². The average Bonchev–Trinajstić information content (AvgIpc) is 2.37. The van der Waals surface area contributed by atoms with E-state index in [9.17, 15) is 18.4 Å². The fourth-order valence-corrected chi connectivity index (χ4v) is 1.76. The number of carbonyl (C=O) groups excluding carboxylic acids is 1. The maximum atomic E-state index is 13.2. The summed E-state index contributed by atoms with van der Waals surface area (Å²) in [5, 5.41) is 17.9. The van der Waals surface area contributed by atoms with Gasteiger partial charge in [-0.1, -0.05) is 0 Å². The zero-order valence-electron chi connectivity index (χ0n) is 11.1. The number of halogens is 2. The maximum Gasteiger partial charge on any atom is 0.336 e. The molecule has 20 heavy (non-hydrogen) atoms. The van der Waals surface area contributed by atoms with Gasteiger partial charge in [-0.2, -0.15) is 0 Å². The molecule has 0 atom stereocenters. The van der Waals surface area contributed by atoms with Gasteiger partial charge in [0.1, 0.15) is 0 Å². The van der Waals surface area contributed by atoms with E-state index in [2.05, 4.69) is 0 Å². The first-order valence-electron chi connectivity index (χ1n) is 5.93. The van der Waals surface area contributed by atoms with Gasteiger partial charge in [0, 0.05) is 12.6 Å². The van der Waals surface area contributed by atoms with Crippen molar-refractivity contribution in [3.63, 3.8) is 0 Å². The molecule has 0 radical (unpaired) electrons. The monoisotopic (exact) mass is 287 g/mol. The first-order chi connectivity index (χ1) is 9.29. The smallest absolute Gasteiger partial charge is 0.336 e. The number of carboxylic acid groups (broad SMARTS) is 1. The van der Waals surface area contributed by atoms with Crippen LogP contribution in [-0.4, -0.2) is 46.2 Å². The van der Waals surface area contributed by atoms with Crippen LogP contribution in [0.4, 0.5) is 8.78 Å². The van der Waals surface area contributed by atoms with E-state index in [-0.39, 0.29) is 19.2 Å². The number of nitrogens with zero attached hydrogens (tertiary/aromatic N) is 1. The largest absolute Gasteiger partial charge is 0.478 e. The van der Waals surface area contributed by atoms with E-state index in [4.69, 9.17) is 10.2 Å². The van der Waals surface area contributed by atoms with Gasteiger partial charge in [-0.05, 0) is 26.0 Å². The lowest BCUT2D eigenvalue weighted by Gasteiger charge is -2.26. The second-order valence-corrected chi connectivity index (χ2v) is 4.43. The summed E-state index contributed by atoms with van der Waals surface area (Å²) in [6, 6.07) is 0.709. The topological polar surface area (TPSA) is 77.8 Å². The minimum absolute atomic E-state index is 0.0332. The van der Waals surface area contributed by atoms with Crippen molar-refractivity contribution >= 4 is 11.9 Å². The Bertz CT molecular complexity index is 531. The Hall–Kier alpha value is -2.02. The second-order valence-electron chi connectivity index (χ2n) is 4.43. The summed E-state index contributed by atoms with van der Waals surface area (Å²) in [6.07, 6.45) is 0. The van der Waals surface area contributed by atoms with Crippen molar-refractivity contribution in [1.29, 1.82) is 0 Å². The van der Waals surface area contributed by atoms with Crippen molar-refractivity contribution in [1.82, 2.24) is 4.90 Å². The zero-order chi connectivity index (χ0) is 15.4. The van der Waals surface area contributed by atoms with Crippen LogP contribution in [0.1, 0.15) is 34.6 Å². The van der Waals surface area contributed by atoms with Crippen molar-refractivity contribution in [2.24, 2.45) is 0 Å². The predicted molar refractivity (Wildman–Crippen MR) is 66.6 cm³/mol. The van der Waals surface area contributed by atoms with Crippen molar-refractivity contribution in [2.45, 2.75) is 19.9 Å². The number of aromatic carboxylic acids is 1. The summed E-state index contributed by atoms with van der Waals surface area (Å²) in [4.78, 5) is 24.4. The van der Waals surface area contributed by atoms with E-state index in [1.807, 2.05) is 0 Å². The molecule has 1 rings (SSSR count). The summed E-state index contributed by atoms with van der Waals surface area (Å²) in [5.74, 6) is -4.94. The second kappa shape index (κ2) is 6.42. The third-order valence-electron chi connectivity index (χ3n) is 2.75. The number of hydrogen-bond donors (Lipinski definition) is 2. The normalized spacial score (nSPS) is 10.7. The fourth-order valence-electron chi connectivity index (χ4n) is 1.76. The lowest BCUT2D eigenvalue weighted by molar-refractivity contribution is 0.0635. The Morgan fingerprint density at radius 2 is 1.70 bits per heavy atom. The van der Waals surface area contributed by atoms with Crippen LogP contribution >= 0.6 is 0 Å². The van der Waals surface area contributed by atoms with Gasteiger partial charge in [-0.3, -0.25) is 4.79 Å². The van der Waals surface area contributed by atoms with Gasteiger partial charge in [-0.15, -0.1) is 0 Å². The molecule has 0 saturated heterocycles. The highest BCUT2D eigenvalue weighted by Gasteiger charge is 2.25. The number of hydrogen-bond acceptors (Lipinski definition) is 3. The highest BCUT2D eigenvalue weighted by atomic mass is 19.2. The number of carbonyl (C=O) groups is 2. The van der Waals surface area contributed by atoms with Crippen LogP contribution in [0.15, 0.2) is 12.1 Å². The lowest BCUT2D eigenvalue weighted by Crippen LogP contribution is -2.39. The number of amides is 1. The van der Waals surface area contributed by atoms with Crippen LogP contribution in [-0.2, 0) is 0 Å². The molecule has 1 aromatic carbocycles. The van der Waals surface area contributed by atoms with Gasteiger partial charge in [-0.25, -0.2) is 13.6 Å². The van der Waals surface area contributed by atoms with Crippen LogP contribution < -0.4 is 0 Å². The van der Waals surface area contributed by atoms with E-state index >= 15 is 0 Å². The Morgan fingerprint density at radius 1 is 1.20 bits per heavy atom. The van der Waals surface area contributed by atoms with Gasteiger partial charge >= 0.3 is 5.97 Å². The van der Waals surface area contributed by atoms with Gasteiger partial charge in [0.15, 0.2) is 11.6 Å². The van der Waals surface area contributed by atoms with Gasteiger partial charge < -0.3 is 15.1 Å². The van der Waals surface area contributed by atoms with Crippen LogP contribution in [0.2, 0.25) is 0 Å². The molecule has 0 aliphatic heterocycles. The Morgan fingerprint density at radius 3 is 2.10 bits per heavy atom. The van der Waals surface area contributed by atoms with Crippen molar-refractivity contribution in [2.75, 3.05) is 13.2 Å². The molecule has 0 aromatic heterocycles. The molecule has 0 spiro atoms. The molecule has 7 heteroatoms. The van der Waals surface area contributed by atoms with Crippen LogP contribution in [0, 0.1) is 11.6 Å². The molecule has 0 unspecified atom stereocenters. The summed E-state index contributed by atoms with van der Waals surface area (Å²) >= 11 is 0. The number of aliphatic hydroxyl groups excluding tert-OH is 1. The van der Waals surface area contributed by atoms with Gasteiger partial charge in [0.2, 0.25) is 0 Å². The zero-order valence-corrected chi connectivity index (χ0v) is 11.1. The van der Waals surface area contributed by atoms with Crippen LogP contribution in [0.25, 0.3) is 0 Å². The van der Waals surface area contributed by atoms with E-state index < -0.39 is 34.6 Å². The molecule has 0 aliphatic carbocycles. The van der Waals surface area contributed by atoms with Crippen molar-refractivity contribution < 1.29 is 28.6 Å². The maximum absolute atomic E-state index is 13.2. The molecule has 0 aliphatic rings. The predicted octanol–water partition coefficient (Wildman–Crippen LogP) is 1.51. The summed E-state index contributed by atoms with van der Waals surface area (Å²) < 4.78 is 26.3. The first-order valence-corrected chi connectivity index (χ1v) is 5.93. The third-order valence-corrected chi connectivity index (χ3v) is 2.75. The third kappa shape index (κ3) is 3.30. The SMILES string of the molecule is CC(C)N(CCO)C(=O)c1cc(F)c(F)cc1C(=O)O. The molecule has 1 amide bonds.